The van der Waals surface area contributed by atoms with E-state index < -0.39 is 42.2 Å². The van der Waals surface area contributed by atoms with Crippen LogP contribution in [0.3, 0.4) is 0 Å². The number of carbonyl (C=O) groups excluding carboxylic acids is 7. The fraction of sp³-hybridized carbons (Fsp3) is 0.614. The molecule has 2 aliphatic rings. The van der Waals surface area contributed by atoms with E-state index in [9.17, 15) is 33.6 Å². The smallest absolute Gasteiger partial charge is 0.315 e. The molecule has 414 valence electrons. The number of anilines is 1. The van der Waals surface area contributed by atoms with Crippen molar-refractivity contribution in [3.63, 3.8) is 0 Å². The Morgan fingerprint density at radius 1 is 0.787 bits per heavy atom. The predicted molar refractivity (Wildman–Crippen MR) is 292 cm³/mol. The molecule has 2 aromatic rings. The van der Waals surface area contributed by atoms with Crippen LogP contribution in [0.2, 0.25) is 0 Å². The Morgan fingerprint density at radius 3 is 2.01 bits per heavy atom. The van der Waals surface area contributed by atoms with E-state index in [0.717, 1.165) is 43.2 Å². The molecular weight excluding hydrogens is 955 g/mol. The van der Waals surface area contributed by atoms with Crippen LogP contribution in [0.15, 0.2) is 71.7 Å². The number of ether oxygens (including phenoxy) is 2. The number of guanidine groups is 1. The summed E-state index contributed by atoms with van der Waals surface area (Å²) in [5, 5.41) is 8.72. The number of nitrogens with zero attached hydrogens (tertiary/aromatic N) is 6. The molecule has 3 N–H and O–H groups in total. The van der Waals surface area contributed by atoms with Gasteiger partial charge in [0.2, 0.25) is 17.7 Å². The van der Waals surface area contributed by atoms with Gasteiger partial charge in [0.05, 0.1) is 30.7 Å². The van der Waals surface area contributed by atoms with Gasteiger partial charge in [0.25, 0.3) is 11.8 Å². The SMILES string of the molecule is CC[C@H](C)[C@@H]([C@@H](CC(=O)N1CCC[C@H]1[C@H](OC)[C@@H](C)C(=O)C[C@@H](Cc1ccccc1)C(=O)Nc1ccc(CNC(=O)NCCCCCCN2C(=O)C=CC2=O)cc1)OC)N(C)C(=O)[C@@H](N=C(N(C)C)N(C)C)C(C)C. The number of imide groups is 1. The van der Waals surface area contributed by atoms with Crippen LogP contribution in [-0.2, 0) is 51.2 Å². The molecule has 0 radical (unpaired) electrons. The van der Waals surface area contributed by atoms with E-state index in [1.54, 1.807) is 38.3 Å². The second kappa shape index (κ2) is 30.4. The van der Waals surface area contributed by atoms with Crippen molar-refractivity contribution in [1.29, 1.82) is 0 Å². The van der Waals surface area contributed by atoms with Gasteiger partial charge >= 0.3 is 6.03 Å². The number of benzene rings is 2. The maximum absolute atomic E-state index is 14.5. The van der Waals surface area contributed by atoms with Crippen LogP contribution in [-0.4, -0.2) is 171 Å². The van der Waals surface area contributed by atoms with Crippen molar-refractivity contribution in [3.8, 4) is 0 Å². The summed E-state index contributed by atoms with van der Waals surface area (Å²) >= 11 is 0. The number of hydrogen-bond donors (Lipinski definition) is 3. The van der Waals surface area contributed by atoms with E-state index in [-0.39, 0.29) is 72.6 Å². The third-order valence-corrected chi connectivity index (χ3v) is 14.6. The third kappa shape index (κ3) is 18.0. The number of amides is 7. The number of methoxy groups -OCH3 is 2. The Labute approximate surface area is 446 Å². The molecule has 75 heavy (non-hydrogen) atoms. The molecule has 0 saturated carbocycles. The maximum Gasteiger partial charge on any atom is 0.315 e. The molecular formula is C57H87N9O9. The van der Waals surface area contributed by atoms with Gasteiger partial charge in [-0.05, 0) is 67.2 Å². The molecule has 4 rings (SSSR count). The Hall–Kier alpha value is -6.14. The van der Waals surface area contributed by atoms with Crippen molar-refractivity contribution in [1.82, 2.24) is 35.1 Å². The van der Waals surface area contributed by atoms with Crippen molar-refractivity contribution in [2.24, 2.45) is 28.7 Å². The minimum Gasteiger partial charge on any atom is -0.379 e. The van der Waals surface area contributed by atoms with Gasteiger partial charge in [-0.25, -0.2) is 9.79 Å². The molecule has 2 aliphatic heterocycles. The number of hydrogen-bond acceptors (Lipinski definition) is 10. The molecule has 0 bridgehead atoms. The highest BCUT2D eigenvalue weighted by Crippen LogP contribution is 2.31. The Bertz CT molecular complexity index is 2230. The lowest BCUT2D eigenvalue weighted by atomic mass is 9.85. The number of Topliss-reactive ketones (excluding diaryl/α,β-unsaturated/α-hetero) is 1. The summed E-state index contributed by atoms with van der Waals surface area (Å²) in [5.74, 6) is -2.08. The van der Waals surface area contributed by atoms with Crippen LogP contribution in [0, 0.1) is 23.7 Å². The van der Waals surface area contributed by atoms with Crippen LogP contribution in [0.5, 0.6) is 0 Å². The maximum atomic E-state index is 14.5. The second-order valence-electron chi connectivity index (χ2n) is 20.9. The molecule has 0 aromatic heterocycles. The molecule has 1 fully saturated rings. The molecule has 7 amide bonds. The number of urea groups is 1. The molecule has 18 nitrogen and oxygen atoms in total. The highest BCUT2D eigenvalue weighted by molar-refractivity contribution is 6.12. The first-order chi connectivity index (χ1) is 35.7. The summed E-state index contributed by atoms with van der Waals surface area (Å²) in [4.78, 5) is 107. The lowest BCUT2D eigenvalue weighted by Gasteiger charge is -2.40. The summed E-state index contributed by atoms with van der Waals surface area (Å²) in [6, 6.07) is 15.0. The number of likely N-dealkylation sites (tertiary alicyclic amines) is 1. The fourth-order valence-electron chi connectivity index (χ4n) is 10.2. The first-order valence-corrected chi connectivity index (χ1v) is 26.8. The van der Waals surface area contributed by atoms with E-state index >= 15 is 0 Å². The molecule has 0 unspecified atom stereocenters. The van der Waals surface area contributed by atoms with Gasteiger partial charge in [-0.3, -0.25) is 33.7 Å². The van der Waals surface area contributed by atoms with Crippen molar-refractivity contribution in [3.05, 3.63) is 77.9 Å². The van der Waals surface area contributed by atoms with Crippen molar-refractivity contribution in [2.75, 3.05) is 74.4 Å². The second-order valence-corrected chi connectivity index (χ2v) is 20.9. The van der Waals surface area contributed by atoms with E-state index in [2.05, 4.69) is 29.8 Å². The molecule has 0 aliphatic carbocycles. The number of aliphatic imine (C=N–C) groups is 1. The number of likely N-dealkylation sites (N-methyl/N-ethyl adjacent to an activating group) is 1. The Balaban J connectivity index is 1.37. The normalized spacial score (nSPS) is 17.2. The van der Waals surface area contributed by atoms with Gasteiger partial charge in [-0.1, -0.05) is 96.3 Å². The summed E-state index contributed by atoms with van der Waals surface area (Å²) < 4.78 is 12.2. The van der Waals surface area contributed by atoms with Gasteiger partial charge in [-0.15, -0.1) is 0 Å². The first kappa shape index (κ1) is 61.4. The topological polar surface area (TPSA) is 203 Å². The van der Waals surface area contributed by atoms with Crippen LogP contribution in [0.4, 0.5) is 10.5 Å². The fourth-order valence-corrected chi connectivity index (χ4v) is 10.2. The van der Waals surface area contributed by atoms with Crippen molar-refractivity contribution < 1.29 is 43.0 Å². The van der Waals surface area contributed by atoms with Gasteiger partial charge in [-0.2, -0.15) is 0 Å². The third-order valence-electron chi connectivity index (χ3n) is 14.6. The highest BCUT2D eigenvalue weighted by atomic mass is 16.5. The molecule has 1 saturated heterocycles. The molecule has 18 heteroatoms. The molecule has 2 aromatic carbocycles. The average molecular weight is 1040 g/mol. The van der Waals surface area contributed by atoms with E-state index in [0.29, 0.717) is 50.5 Å². The lowest BCUT2D eigenvalue weighted by Crippen LogP contribution is -2.55. The average Bonchev–Trinajstić information content (AvgIpc) is 4.00. The molecule has 2 heterocycles. The zero-order valence-electron chi connectivity index (χ0n) is 46.8. The number of unbranched alkanes of at least 4 members (excludes halogenated alkanes) is 3. The highest BCUT2D eigenvalue weighted by Gasteiger charge is 2.43. The number of ketones is 1. The zero-order valence-corrected chi connectivity index (χ0v) is 46.8. The van der Waals surface area contributed by atoms with Gasteiger partial charge in [0, 0.05) is 112 Å². The first-order valence-electron chi connectivity index (χ1n) is 26.8. The van der Waals surface area contributed by atoms with Gasteiger partial charge in [0.1, 0.15) is 11.8 Å². The minimum absolute atomic E-state index is 0.00820. The zero-order chi connectivity index (χ0) is 55.4. The summed E-state index contributed by atoms with van der Waals surface area (Å²) in [5.41, 5.74) is 2.29. The van der Waals surface area contributed by atoms with Crippen LogP contribution < -0.4 is 16.0 Å². The number of rotatable bonds is 29. The standard InChI is InChI=1S/C57H87N9O9/c1-13-39(4)52(64(10)55(72)51(38(2)3)61-57(62(6)7)63(8)9)47(74-11)36-50(70)65-33-21-24-45(65)53(75-12)40(5)46(67)35-43(34-41-22-17-16-18-23-41)54(71)60-44-27-25-42(26-28-44)37-59-56(73)58-31-19-14-15-20-32-66-48(68)29-30-49(66)69/h16-18,22-23,25-30,38-40,43,45,47,51-53H,13-15,19-21,24,31-37H2,1-12H3,(H,60,71)(H2,58,59,73)/t39-,40-,43+,45-,47+,51-,52-,53+/m0/s1. The minimum atomic E-state index is -0.708. The monoisotopic (exact) mass is 1040 g/mol. The van der Waals surface area contributed by atoms with Crippen LogP contribution >= 0.6 is 0 Å². The quantitative estimate of drug-likeness (QED) is 0.0365. The number of carbonyl (C=O) groups is 7. The van der Waals surface area contributed by atoms with E-state index in [4.69, 9.17) is 14.5 Å². The largest absolute Gasteiger partial charge is 0.379 e. The van der Waals surface area contributed by atoms with Crippen LogP contribution in [0.1, 0.15) is 104 Å². The summed E-state index contributed by atoms with van der Waals surface area (Å²) in [7, 11) is 12.5. The van der Waals surface area contributed by atoms with Gasteiger partial charge < -0.3 is 45.0 Å². The van der Waals surface area contributed by atoms with Crippen LogP contribution in [0.25, 0.3) is 0 Å². The Kier molecular flexibility index (Phi) is 24.9. The summed E-state index contributed by atoms with van der Waals surface area (Å²) in [6.07, 6.45) is 6.89. The molecule has 8 atom stereocenters. The number of nitrogens with one attached hydrogen (secondary N) is 3. The molecule has 0 spiro atoms. The van der Waals surface area contributed by atoms with Gasteiger partial charge in [0.15, 0.2) is 5.96 Å². The predicted octanol–water partition coefficient (Wildman–Crippen LogP) is 6.15. The Morgan fingerprint density at radius 2 is 1.43 bits per heavy atom. The lowest BCUT2D eigenvalue weighted by molar-refractivity contribution is -0.146. The summed E-state index contributed by atoms with van der Waals surface area (Å²) in [6.45, 7) is 11.6. The van der Waals surface area contributed by atoms with E-state index in [1.165, 1.54) is 17.1 Å². The van der Waals surface area contributed by atoms with Crippen molar-refractivity contribution in [2.45, 2.75) is 136 Å². The van der Waals surface area contributed by atoms with Crippen molar-refractivity contribution >= 4 is 53.0 Å². The van der Waals surface area contributed by atoms with E-state index in [1.807, 2.05) is 106 Å².